The minimum absolute atomic E-state index is 0.172. The summed E-state index contributed by atoms with van der Waals surface area (Å²) in [5.74, 6) is 3.79. The minimum atomic E-state index is -0.315. The molecule has 15 rings (SSSR count). The van der Waals surface area contributed by atoms with Crippen molar-refractivity contribution in [1.29, 1.82) is 0 Å². The number of nitrogens with zero attached hydrogens (tertiary/aromatic N) is 14. The van der Waals surface area contributed by atoms with E-state index >= 15 is 0 Å². The van der Waals surface area contributed by atoms with Crippen LogP contribution < -0.4 is 40.5 Å². The normalized spacial score (nSPS) is 12.3. The first-order valence-electron chi connectivity index (χ1n) is 29.9. The SMILES string of the molecule is CCCOc1ccc(-c2cnc(NCc3c(F)ccc4c3CCO4)n3cc(C)nc23)cn1.Cc1cn2c(NCc3c(F)ccc4c3CCO4)ncc(-c3ccnn3C)c2n1.O=C=O.[C-]#[N+]c1cn2c(NCc3c(F)ccc4c3CCO4)ncc(-c3cccn(C)c3=O)c2n1. The highest BCUT2D eigenvalue weighted by atomic mass is 19.1. The molecule has 12 aromatic rings. The van der Waals surface area contributed by atoms with Crippen LogP contribution in [-0.2, 0) is 62.6 Å². The predicted molar refractivity (Wildman–Crippen MR) is 340 cm³/mol. The number of benzene rings is 3. The largest absolute Gasteiger partial charge is 0.493 e. The maximum Gasteiger partial charge on any atom is 0.373 e. The summed E-state index contributed by atoms with van der Waals surface area (Å²) in [6, 6.07) is 18.5. The summed E-state index contributed by atoms with van der Waals surface area (Å²) in [6.07, 6.45) is 18.9. The second kappa shape index (κ2) is 27.3. The van der Waals surface area contributed by atoms with Crippen molar-refractivity contribution in [3.8, 4) is 56.6 Å². The van der Waals surface area contributed by atoms with Crippen molar-refractivity contribution in [2.45, 2.75) is 66.1 Å². The highest BCUT2D eigenvalue weighted by Crippen LogP contribution is 2.35. The molecule has 9 aromatic heterocycles. The van der Waals surface area contributed by atoms with Crippen LogP contribution in [0.25, 0.3) is 55.3 Å². The van der Waals surface area contributed by atoms with Gasteiger partial charge in [-0.25, -0.2) is 43.1 Å². The average Bonchev–Trinajstić information content (AvgIpc) is 1.63. The highest BCUT2D eigenvalue weighted by molar-refractivity contribution is 5.80. The van der Waals surface area contributed by atoms with Crippen LogP contribution >= 0.6 is 0 Å². The number of imidazole rings is 3. The van der Waals surface area contributed by atoms with Gasteiger partial charge in [-0.05, 0) is 80.9 Å². The van der Waals surface area contributed by atoms with Crippen LogP contribution in [0.5, 0.6) is 23.1 Å². The van der Waals surface area contributed by atoms with E-state index in [2.05, 4.69) is 67.7 Å². The number of hydrogen-bond donors (Lipinski definition) is 3. The molecule has 0 saturated carbocycles. The van der Waals surface area contributed by atoms with Gasteiger partial charge >= 0.3 is 6.15 Å². The van der Waals surface area contributed by atoms with E-state index in [1.807, 2.05) is 60.3 Å². The Morgan fingerprint density at radius 1 is 0.606 bits per heavy atom. The first-order valence-corrected chi connectivity index (χ1v) is 29.9. The van der Waals surface area contributed by atoms with Gasteiger partial charge in [-0.3, -0.25) is 22.7 Å². The highest BCUT2D eigenvalue weighted by Gasteiger charge is 2.25. The van der Waals surface area contributed by atoms with Crippen molar-refractivity contribution in [1.82, 2.24) is 62.4 Å². The van der Waals surface area contributed by atoms with Crippen LogP contribution in [0.2, 0.25) is 0 Å². The second-order valence-corrected chi connectivity index (χ2v) is 21.9. The number of aromatic nitrogens is 13. The Balaban J connectivity index is 0.000000133. The third-order valence-electron chi connectivity index (χ3n) is 15.9. The quantitative estimate of drug-likeness (QED) is 0.0807. The van der Waals surface area contributed by atoms with Crippen LogP contribution in [-0.4, -0.2) is 95.0 Å². The van der Waals surface area contributed by atoms with Crippen LogP contribution in [0.4, 0.5) is 36.8 Å². The Labute approximate surface area is 534 Å². The summed E-state index contributed by atoms with van der Waals surface area (Å²) in [5, 5.41) is 13.9. The number of anilines is 3. The third kappa shape index (κ3) is 12.6. The van der Waals surface area contributed by atoms with Crippen molar-refractivity contribution < 1.29 is 41.7 Å². The number of fused-ring (bicyclic) bond motifs is 6. The Kier molecular flexibility index (Phi) is 18.1. The molecular weight excluding hydrogens is 1210 g/mol. The lowest BCUT2D eigenvalue weighted by atomic mass is 10.0. The lowest BCUT2D eigenvalue weighted by Crippen LogP contribution is -2.18. The molecular formula is C67H60F3N17O7. The van der Waals surface area contributed by atoms with Crippen LogP contribution in [0.15, 0.2) is 127 Å². The number of pyridine rings is 2. The zero-order chi connectivity index (χ0) is 65.6. The first-order chi connectivity index (χ1) is 45.7. The molecule has 0 atom stereocenters. The molecule has 0 saturated heterocycles. The molecule has 0 amide bonds. The van der Waals surface area contributed by atoms with Gasteiger partial charge in [-0.1, -0.05) is 18.5 Å². The summed E-state index contributed by atoms with van der Waals surface area (Å²) in [4.78, 5) is 64.0. The van der Waals surface area contributed by atoms with Gasteiger partial charge in [-0.2, -0.15) is 14.7 Å². The molecule has 3 aliphatic heterocycles. The Hall–Kier alpha value is -11.9. The molecule has 0 aliphatic carbocycles. The third-order valence-corrected chi connectivity index (χ3v) is 15.9. The molecule has 3 N–H and O–H groups in total. The molecule has 94 heavy (non-hydrogen) atoms. The van der Waals surface area contributed by atoms with E-state index in [0.29, 0.717) is 115 Å². The van der Waals surface area contributed by atoms with Crippen molar-refractivity contribution in [2.75, 3.05) is 42.4 Å². The Morgan fingerprint density at radius 3 is 1.57 bits per heavy atom. The minimum Gasteiger partial charge on any atom is -0.493 e. The Bertz CT molecular complexity index is 4970. The van der Waals surface area contributed by atoms with E-state index in [-0.39, 0.29) is 41.5 Å². The topological polar surface area (TPSA) is 255 Å². The smallest absolute Gasteiger partial charge is 0.373 e. The summed E-state index contributed by atoms with van der Waals surface area (Å²) in [5.41, 5.74) is 12.5. The zero-order valence-corrected chi connectivity index (χ0v) is 51.6. The number of rotatable bonds is 15. The molecule has 27 heteroatoms. The molecule has 0 spiro atoms. The van der Waals surface area contributed by atoms with Gasteiger partial charge in [0.05, 0.1) is 60.2 Å². The molecule has 12 heterocycles. The average molecular weight is 1270 g/mol. The van der Waals surface area contributed by atoms with Crippen molar-refractivity contribution in [3.63, 3.8) is 0 Å². The molecule has 3 aromatic carbocycles. The van der Waals surface area contributed by atoms with Crippen LogP contribution in [0, 0.1) is 37.9 Å². The monoisotopic (exact) mass is 1270 g/mol. The zero-order valence-electron chi connectivity index (χ0n) is 51.6. The van der Waals surface area contributed by atoms with Gasteiger partial charge < -0.3 is 44.3 Å². The molecule has 0 unspecified atom stereocenters. The first kappa shape index (κ1) is 62.3. The number of ether oxygens (including phenoxy) is 4. The molecule has 476 valence electrons. The lowest BCUT2D eigenvalue weighted by molar-refractivity contribution is -0.191. The molecule has 3 aliphatic rings. The fraction of sp³-hybridized carbons (Fsp3) is 0.239. The molecule has 0 radical (unpaired) electrons. The van der Waals surface area contributed by atoms with E-state index in [1.54, 1.807) is 89.8 Å². The molecule has 0 bridgehead atoms. The maximum absolute atomic E-state index is 14.5. The van der Waals surface area contributed by atoms with E-state index < -0.39 is 0 Å². The standard InChI is InChI=1S/C24H24FN5O2.C22H17FN6O2.C20H19FN6O.CO2/c1-3-9-32-22-7-4-16(11-26-22)18-12-27-24(30-14-15(2)29-23(18)30)28-13-19-17-8-10-31-21(17)6-5-20(19)25;1-24-19-12-29-20(27-19)16(14-4-3-8-28(2)21(14)30)11-26-22(29)25-10-15-13-7-9-31-18(13)6-5-17(15)23;1-12-11-27-19(25-12)15(17-5-7-24-26(17)2)10-23-20(27)22-9-14-13-6-8-28-18(13)4-3-16(14)21;2-1-3/h4-7,11-12,14H,3,8-10,13H2,1-2H3,(H,27,28);3-6,8,11-12H,7,9-10H2,2H3,(H,25,26);3-5,7,10-11H,6,8-9H2,1-2H3,(H,22,23);. The summed E-state index contributed by atoms with van der Waals surface area (Å²) in [6.45, 7) is 16.4. The fourth-order valence-corrected chi connectivity index (χ4v) is 11.5. The summed E-state index contributed by atoms with van der Waals surface area (Å²) in [7, 11) is 3.55. The van der Waals surface area contributed by atoms with Gasteiger partial charge in [0, 0.05) is 159 Å². The van der Waals surface area contributed by atoms with Crippen LogP contribution in [0.1, 0.15) is 58.1 Å². The summed E-state index contributed by atoms with van der Waals surface area (Å²) < 4.78 is 74.3. The predicted octanol–water partition coefficient (Wildman–Crippen LogP) is 10.4. The number of carbonyl (C=O) groups excluding carboxylic acids is 2. The Morgan fingerprint density at radius 2 is 1.10 bits per heavy atom. The van der Waals surface area contributed by atoms with Gasteiger partial charge in [0.15, 0.2) is 5.65 Å². The van der Waals surface area contributed by atoms with Crippen LogP contribution in [0.3, 0.4) is 0 Å². The molecule has 24 nitrogen and oxygen atoms in total. The second-order valence-electron chi connectivity index (χ2n) is 21.9. The van der Waals surface area contributed by atoms with E-state index in [0.717, 1.165) is 86.1 Å². The number of hydrogen-bond acceptors (Lipinski definition) is 18. The lowest BCUT2D eigenvalue weighted by Gasteiger charge is -2.13. The van der Waals surface area contributed by atoms with Gasteiger partial charge in [0.2, 0.25) is 29.4 Å². The van der Waals surface area contributed by atoms with Crippen molar-refractivity contribution in [2.24, 2.45) is 14.1 Å². The maximum atomic E-state index is 14.5. The van der Waals surface area contributed by atoms with Gasteiger partial charge in [0.1, 0.15) is 40.3 Å². The van der Waals surface area contributed by atoms with E-state index in [1.165, 1.54) is 22.8 Å². The fourth-order valence-electron chi connectivity index (χ4n) is 11.5. The van der Waals surface area contributed by atoms with Crippen molar-refractivity contribution >= 4 is 46.8 Å². The number of aryl methyl sites for hydroxylation is 4. The van der Waals surface area contributed by atoms with Gasteiger partial charge in [0.25, 0.3) is 11.4 Å². The number of nitrogens with one attached hydrogen (secondary N) is 3. The van der Waals surface area contributed by atoms with Gasteiger partial charge in [-0.15, -0.1) is 0 Å². The number of halogens is 3. The van der Waals surface area contributed by atoms with Crippen molar-refractivity contribution in [3.05, 3.63) is 206 Å². The van der Waals surface area contributed by atoms with E-state index in [9.17, 15) is 18.0 Å². The summed E-state index contributed by atoms with van der Waals surface area (Å²) >= 11 is 0. The van der Waals surface area contributed by atoms with E-state index in [4.69, 9.17) is 35.1 Å². The molecule has 0 fully saturated rings.